The molecule has 0 aliphatic heterocycles. The fourth-order valence-corrected chi connectivity index (χ4v) is 1.96. The molecule has 1 rings (SSSR count). The summed E-state index contributed by atoms with van der Waals surface area (Å²) in [4.78, 5) is 23.3. The summed E-state index contributed by atoms with van der Waals surface area (Å²) in [7, 11) is 0. The third-order valence-electron chi connectivity index (χ3n) is 3.34. The number of alkyl carbamates (subject to hydrolysis) is 1. The summed E-state index contributed by atoms with van der Waals surface area (Å²) in [5.74, 6) is -0.294. The maximum atomic E-state index is 11.7. The van der Waals surface area contributed by atoms with Gasteiger partial charge in [0, 0.05) is 13.1 Å². The molecule has 128 valence electrons. The zero-order valence-corrected chi connectivity index (χ0v) is 13.7. The Morgan fingerprint density at radius 3 is 2.57 bits per heavy atom. The van der Waals surface area contributed by atoms with Gasteiger partial charge in [-0.2, -0.15) is 0 Å². The van der Waals surface area contributed by atoms with E-state index in [1.165, 1.54) is 0 Å². The van der Waals surface area contributed by atoms with E-state index >= 15 is 0 Å². The van der Waals surface area contributed by atoms with E-state index in [4.69, 9.17) is 10.5 Å². The molecule has 0 heterocycles. The van der Waals surface area contributed by atoms with Gasteiger partial charge in [-0.1, -0.05) is 56.5 Å². The summed E-state index contributed by atoms with van der Waals surface area (Å²) in [5.41, 5.74) is 6.67. The van der Waals surface area contributed by atoms with E-state index in [9.17, 15) is 9.59 Å². The van der Waals surface area contributed by atoms with Crippen molar-refractivity contribution in [3.8, 4) is 0 Å². The number of benzene rings is 1. The van der Waals surface area contributed by atoms with E-state index in [1.54, 1.807) is 0 Å². The normalized spacial score (nSPS) is 11.6. The maximum Gasteiger partial charge on any atom is 0.407 e. The summed E-state index contributed by atoms with van der Waals surface area (Å²) in [6.45, 7) is 2.97. The SMILES string of the molecule is CCCCCCNC(=O)C(N)COC(=O)NCc1ccccc1. The third-order valence-corrected chi connectivity index (χ3v) is 3.34. The van der Waals surface area contributed by atoms with E-state index in [0.717, 1.165) is 31.2 Å². The second kappa shape index (κ2) is 11.5. The molecule has 0 radical (unpaired) electrons. The molecule has 1 atom stereocenters. The highest BCUT2D eigenvalue weighted by molar-refractivity contribution is 5.81. The quantitative estimate of drug-likeness (QED) is 0.574. The van der Waals surface area contributed by atoms with Gasteiger partial charge >= 0.3 is 6.09 Å². The van der Waals surface area contributed by atoms with Gasteiger partial charge in [0.2, 0.25) is 5.91 Å². The van der Waals surface area contributed by atoms with E-state index < -0.39 is 12.1 Å². The molecule has 0 aliphatic carbocycles. The van der Waals surface area contributed by atoms with Gasteiger partial charge in [0.05, 0.1) is 0 Å². The Kier molecular flexibility index (Phi) is 9.47. The molecule has 0 aromatic heterocycles. The van der Waals surface area contributed by atoms with Crippen LogP contribution in [0.5, 0.6) is 0 Å². The molecule has 0 bridgehead atoms. The van der Waals surface area contributed by atoms with Crippen molar-refractivity contribution in [2.24, 2.45) is 5.73 Å². The topological polar surface area (TPSA) is 93.5 Å². The molecule has 0 saturated carbocycles. The first-order valence-corrected chi connectivity index (χ1v) is 8.11. The number of amides is 2. The summed E-state index contributed by atoms with van der Waals surface area (Å²) < 4.78 is 4.96. The Bertz CT molecular complexity index is 465. The Labute approximate surface area is 137 Å². The lowest BCUT2D eigenvalue weighted by Crippen LogP contribution is -2.45. The summed E-state index contributed by atoms with van der Waals surface area (Å²) >= 11 is 0. The van der Waals surface area contributed by atoms with Crippen molar-refractivity contribution in [2.75, 3.05) is 13.2 Å². The van der Waals surface area contributed by atoms with Crippen LogP contribution in [0.1, 0.15) is 38.2 Å². The largest absolute Gasteiger partial charge is 0.447 e. The average Bonchev–Trinajstić information content (AvgIpc) is 2.58. The summed E-state index contributed by atoms with van der Waals surface area (Å²) in [6, 6.07) is 8.65. The van der Waals surface area contributed by atoms with Crippen LogP contribution in [0, 0.1) is 0 Å². The van der Waals surface area contributed by atoms with Crippen LogP contribution in [0.4, 0.5) is 4.79 Å². The van der Waals surface area contributed by atoms with Crippen LogP contribution in [0.25, 0.3) is 0 Å². The van der Waals surface area contributed by atoms with Crippen LogP contribution >= 0.6 is 0 Å². The Balaban J connectivity index is 2.12. The third kappa shape index (κ3) is 8.83. The Morgan fingerprint density at radius 2 is 1.87 bits per heavy atom. The van der Waals surface area contributed by atoms with Gasteiger partial charge in [0.25, 0.3) is 0 Å². The first-order chi connectivity index (χ1) is 11.1. The molecule has 0 fully saturated rings. The lowest BCUT2D eigenvalue weighted by Gasteiger charge is -2.13. The maximum absolute atomic E-state index is 11.7. The summed E-state index contributed by atoms with van der Waals surface area (Å²) in [6.07, 6.45) is 3.75. The number of rotatable bonds is 10. The van der Waals surface area contributed by atoms with Crippen molar-refractivity contribution in [2.45, 2.75) is 45.2 Å². The van der Waals surface area contributed by atoms with Crippen molar-refractivity contribution < 1.29 is 14.3 Å². The molecule has 0 aliphatic rings. The van der Waals surface area contributed by atoms with Gasteiger partial charge in [0.15, 0.2) is 0 Å². The van der Waals surface area contributed by atoms with Gasteiger partial charge in [-0.05, 0) is 12.0 Å². The van der Waals surface area contributed by atoms with Gasteiger partial charge in [-0.25, -0.2) is 4.79 Å². The molecule has 1 aromatic rings. The minimum Gasteiger partial charge on any atom is -0.447 e. The van der Waals surface area contributed by atoms with Gasteiger partial charge in [-0.3, -0.25) is 4.79 Å². The molecule has 1 aromatic carbocycles. The Hall–Kier alpha value is -2.08. The number of hydrogen-bond acceptors (Lipinski definition) is 4. The standard InChI is InChI=1S/C17H27N3O3/c1-2-3-4-8-11-19-16(21)15(18)13-23-17(22)20-12-14-9-6-5-7-10-14/h5-7,9-10,15H,2-4,8,11-13,18H2,1H3,(H,19,21)(H,20,22). The van der Waals surface area contributed by atoms with Crippen molar-refractivity contribution in [1.82, 2.24) is 10.6 Å². The number of unbranched alkanes of at least 4 members (excludes halogenated alkanes) is 3. The fourth-order valence-electron chi connectivity index (χ4n) is 1.96. The van der Waals surface area contributed by atoms with Crippen LogP contribution in [-0.2, 0) is 16.1 Å². The van der Waals surface area contributed by atoms with Crippen LogP contribution in [-0.4, -0.2) is 31.2 Å². The smallest absolute Gasteiger partial charge is 0.407 e. The predicted octanol–water partition coefficient (Wildman–Crippen LogP) is 1.94. The molecule has 6 nitrogen and oxygen atoms in total. The van der Waals surface area contributed by atoms with E-state index in [-0.39, 0.29) is 12.5 Å². The summed E-state index contributed by atoms with van der Waals surface area (Å²) in [5, 5.41) is 5.36. The van der Waals surface area contributed by atoms with Crippen LogP contribution < -0.4 is 16.4 Å². The van der Waals surface area contributed by atoms with Crippen molar-refractivity contribution >= 4 is 12.0 Å². The molecule has 0 saturated heterocycles. The minimum absolute atomic E-state index is 0.137. The zero-order valence-electron chi connectivity index (χ0n) is 13.7. The number of hydrogen-bond donors (Lipinski definition) is 3. The number of nitrogens with two attached hydrogens (primary N) is 1. The van der Waals surface area contributed by atoms with E-state index in [2.05, 4.69) is 17.6 Å². The lowest BCUT2D eigenvalue weighted by molar-refractivity contribution is -0.123. The molecule has 0 spiro atoms. The van der Waals surface area contributed by atoms with Crippen LogP contribution in [0.15, 0.2) is 30.3 Å². The van der Waals surface area contributed by atoms with Gasteiger partial charge in [-0.15, -0.1) is 0 Å². The average molecular weight is 321 g/mol. The van der Waals surface area contributed by atoms with Crippen molar-refractivity contribution in [3.63, 3.8) is 0 Å². The van der Waals surface area contributed by atoms with Crippen LogP contribution in [0.3, 0.4) is 0 Å². The molecule has 4 N–H and O–H groups in total. The second-order valence-corrected chi connectivity index (χ2v) is 5.40. The highest BCUT2D eigenvalue weighted by atomic mass is 16.5. The molecular weight excluding hydrogens is 294 g/mol. The zero-order chi connectivity index (χ0) is 16.9. The van der Waals surface area contributed by atoms with Crippen molar-refractivity contribution in [3.05, 3.63) is 35.9 Å². The molecule has 1 unspecified atom stereocenters. The highest BCUT2D eigenvalue weighted by Gasteiger charge is 2.15. The van der Waals surface area contributed by atoms with Crippen LogP contribution in [0.2, 0.25) is 0 Å². The molecule has 2 amide bonds. The number of nitrogens with one attached hydrogen (secondary N) is 2. The van der Waals surface area contributed by atoms with E-state index in [0.29, 0.717) is 13.1 Å². The second-order valence-electron chi connectivity index (χ2n) is 5.40. The molecule has 23 heavy (non-hydrogen) atoms. The van der Waals surface area contributed by atoms with Gasteiger partial charge in [0.1, 0.15) is 12.6 Å². The fraction of sp³-hybridized carbons (Fsp3) is 0.529. The van der Waals surface area contributed by atoms with Gasteiger partial charge < -0.3 is 21.1 Å². The molecule has 6 heteroatoms. The number of ether oxygens (including phenoxy) is 1. The highest BCUT2D eigenvalue weighted by Crippen LogP contribution is 1.98. The molecular formula is C17H27N3O3. The number of carbonyl (C=O) groups is 2. The Morgan fingerprint density at radius 1 is 1.13 bits per heavy atom. The first-order valence-electron chi connectivity index (χ1n) is 8.11. The number of carbonyl (C=O) groups excluding carboxylic acids is 2. The van der Waals surface area contributed by atoms with E-state index in [1.807, 2.05) is 30.3 Å². The monoisotopic (exact) mass is 321 g/mol. The first kappa shape index (κ1) is 19.0. The van der Waals surface area contributed by atoms with Crippen molar-refractivity contribution in [1.29, 1.82) is 0 Å². The minimum atomic E-state index is -0.844. The lowest BCUT2D eigenvalue weighted by atomic mass is 10.2. The predicted molar refractivity (Wildman–Crippen MR) is 89.8 cm³/mol.